The molecule has 3 N–H and O–H groups in total. The summed E-state index contributed by atoms with van der Waals surface area (Å²) in [4.78, 5) is 42.2. The second-order valence-electron chi connectivity index (χ2n) is 7.21. The van der Waals surface area contributed by atoms with Gasteiger partial charge in [0.15, 0.2) is 0 Å². The zero-order valence-electron chi connectivity index (χ0n) is 17.1. The Morgan fingerprint density at radius 2 is 2.00 bits per heavy atom. The largest absolute Gasteiger partial charge is 0.480 e. The lowest BCUT2D eigenvalue weighted by atomic mass is 10.1. The van der Waals surface area contributed by atoms with E-state index in [0.29, 0.717) is 6.42 Å². The van der Waals surface area contributed by atoms with Gasteiger partial charge in [-0.2, -0.15) is 9.78 Å². The molecule has 0 aliphatic rings. The van der Waals surface area contributed by atoms with E-state index in [1.54, 1.807) is 12.1 Å². The molecular weight excluding hydrogens is 421 g/mol. The highest BCUT2D eigenvalue weighted by Gasteiger charge is 2.29. The average Bonchev–Trinajstić information content (AvgIpc) is 3.17. The number of aromatic amines is 1. The third kappa shape index (κ3) is 5.82. The van der Waals surface area contributed by atoms with Crippen molar-refractivity contribution >= 4 is 11.9 Å². The van der Waals surface area contributed by atoms with Crippen LogP contribution >= 0.6 is 0 Å². The number of aliphatic carboxylic acids is 1. The molecule has 32 heavy (non-hydrogen) atoms. The van der Waals surface area contributed by atoms with Gasteiger partial charge in [-0.05, 0) is 42.7 Å². The SMILES string of the molecule is CC(C)(NC(=O)Cn1nnc(-c2cc(C#CCc3ccc(F)cc3)[nH]c(=O)n2)n1)C(=O)O. The summed E-state index contributed by atoms with van der Waals surface area (Å²) in [6.07, 6.45) is 0.343. The molecule has 0 unspecified atom stereocenters. The molecule has 0 spiro atoms. The Kier molecular flexibility index (Phi) is 6.39. The molecule has 2 heterocycles. The highest BCUT2D eigenvalue weighted by molar-refractivity contribution is 5.86. The molecule has 0 saturated carbocycles. The maximum absolute atomic E-state index is 13.0. The van der Waals surface area contributed by atoms with Gasteiger partial charge in [0.25, 0.3) is 0 Å². The van der Waals surface area contributed by atoms with Crippen LogP contribution in [0.2, 0.25) is 0 Å². The number of nitrogens with one attached hydrogen (secondary N) is 2. The molecule has 0 bridgehead atoms. The summed E-state index contributed by atoms with van der Waals surface area (Å²) in [5.74, 6) is 3.49. The van der Waals surface area contributed by atoms with Crippen LogP contribution < -0.4 is 11.0 Å². The lowest BCUT2D eigenvalue weighted by Gasteiger charge is -2.20. The third-order valence-electron chi connectivity index (χ3n) is 4.13. The van der Waals surface area contributed by atoms with E-state index in [4.69, 9.17) is 5.11 Å². The van der Waals surface area contributed by atoms with Gasteiger partial charge >= 0.3 is 11.7 Å². The number of benzene rings is 1. The van der Waals surface area contributed by atoms with Crippen LogP contribution in [0, 0.1) is 17.7 Å². The van der Waals surface area contributed by atoms with Crippen molar-refractivity contribution in [3.63, 3.8) is 0 Å². The van der Waals surface area contributed by atoms with Crippen molar-refractivity contribution in [1.29, 1.82) is 0 Å². The number of amides is 1. The van der Waals surface area contributed by atoms with Crippen LogP contribution in [0.3, 0.4) is 0 Å². The smallest absolute Gasteiger partial charge is 0.346 e. The molecule has 12 heteroatoms. The summed E-state index contributed by atoms with van der Waals surface area (Å²) >= 11 is 0. The number of carbonyl (C=O) groups excluding carboxylic acids is 1. The number of halogens is 1. The average molecular weight is 439 g/mol. The van der Waals surface area contributed by atoms with Crippen molar-refractivity contribution in [2.45, 2.75) is 32.4 Å². The molecule has 3 rings (SSSR count). The maximum Gasteiger partial charge on any atom is 0.346 e. The Hall–Kier alpha value is -4.40. The van der Waals surface area contributed by atoms with E-state index in [1.807, 2.05) is 0 Å². The molecule has 0 aliphatic carbocycles. The normalized spacial score (nSPS) is 10.8. The number of carboxylic acid groups (broad SMARTS) is 1. The van der Waals surface area contributed by atoms with E-state index in [-0.39, 0.29) is 29.6 Å². The molecule has 3 aromatic rings. The van der Waals surface area contributed by atoms with Gasteiger partial charge in [0.05, 0.1) is 5.69 Å². The standard InChI is InChI=1S/C20H18FN7O4/c1-20(2,18(30)31)24-16(29)11-28-26-17(25-27-28)15-10-14(22-19(32)23-15)5-3-4-12-6-8-13(21)9-7-12/h6-10H,4,11H2,1-2H3,(H,24,29)(H,30,31)(H,22,23,32). The van der Waals surface area contributed by atoms with E-state index in [2.05, 4.69) is 42.5 Å². The van der Waals surface area contributed by atoms with Gasteiger partial charge < -0.3 is 10.4 Å². The topological polar surface area (TPSA) is 156 Å². The van der Waals surface area contributed by atoms with Gasteiger partial charge in [0, 0.05) is 12.5 Å². The van der Waals surface area contributed by atoms with Crippen LogP contribution in [-0.4, -0.2) is 52.7 Å². The van der Waals surface area contributed by atoms with Crippen LogP contribution in [0.4, 0.5) is 4.39 Å². The van der Waals surface area contributed by atoms with Crippen LogP contribution in [0.5, 0.6) is 0 Å². The summed E-state index contributed by atoms with van der Waals surface area (Å²) in [5, 5.41) is 22.9. The highest BCUT2D eigenvalue weighted by Crippen LogP contribution is 2.09. The molecule has 2 aromatic heterocycles. The van der Waals surface area contributed by atoms with Crippen molar-refractivity contribution in [1.82, 2.24) is 35.5 Å². The monoisotopic (exact) mass is 439 g/mol. The first-order chi connectivity index (χ1) is 15.1. The minimum atomic E-state index is -1.46. The molecule has 0 fully saturated rings. The zero-order valence-corrected chi connectivity index (χ0v) is 17.1. The number of tetrazole rings is 1. The molecule has 0 aliphatic heterocycles. The first kappa shape index (κ1) is 22.3. The van der Waals surface area contributed by atoms with Crippen LogP contribution in [0.1, 0.15) is 25.1 Å². The van der Waals surface area contributed by atoms with Crippen molar-refractivity contribution in [2.75, 3.05) is 0 Å². The Morgan fingerprint density at radius 1 is 1.28 bits per heavy atom. The fourth-order valence-corrected chi connectivity index (χ4v) is 2.47. The number of nitrogens with zero attached hydrogens (tertiary/aromatic N) is 5. The predicted molar refractivity (Wildman–Crippen MR) is 109 cm³/mol. The van der Waals surface area contributed by atoms with Gasteiger partial charge in [-0.15, -0.1) is 10.2 Å². The van der Waals surface area contributed by atoms with Crippen molar-refractivity contribution < 1.29 is 19.1 Å². The molecule has 0 atom stereocenters. The predicted octanol–water partition coefficient (Wildman–Crippen LogP) is 0.136. The Labute approximate surface area is 180 Å². The number of carboxylic acids is 1. The van der Waals surface area contributed by atoms with Gasteiger partial charge in [-0.1, -0.05) is 18.1 Å². The summed E-state index contributed by atoms with van der Waals surface area (Å²) < 4.78 is 13.0. The number of carbonyl (C=O) groups is 2. The Balaban J connectivity index is 1.72. The zero-order chi connectivity index (χ0) is 23.3. The summed E-state index contributed by atoms with van der Waals surface area (Å²) in [5.41, 5.74) is -0.969. The minimum absolute atomic E-state index is 0.0111. The number of H-pyrrole nitrogens is 1. The molecule has 1 amide bonds. The maximum atomic E-state index is 13.0. The first-order valence-corrected chi connectivity index (χ1v) is 9.29. The first-order valence-electron chi connectivity index (χ1n) is 9.29. The minimum Gasteiger partial charge on any atom is -0.480 e. The van der Waals surface area contributed by atoms with E-state index < -0.39 is 23.1 Å². The third-order valence-corrected chi connectivity index (χ3v) is 4.13. The lowest BCUT2D eigenvalue weighted by Crippen LogP contribution is -2.50. The highest BCUT2D eigenvalue weighted by atomic mass is 19.1. The fraction of sp³-hybridized carbons (Fsp3) is 0.250. The molecule has 0 radical (unpaired) electrons. The quantitative estimate of drug-likeness (QED) is 0.458. The Bertz CT molecular complexity index is 1270. The van der Waals surface area contributed by atoms with E-state index in [0.717, 1.165) is 10.4 Å². The van der Waals surface area contributed by atoms with Gasteiger partial charge in [0.1, 0.15) is 23.6 Å². The second-order valence-corrected chi connectivity index (χ2v) is 7.21. The van der Waals surface area contributed by atoms with Gasteiger partial charge in [-0.3, -0.25) is 9.78 Å². The molecule has 0 saturated heterocycles. The van der Waals surface area contributed by atoms with Crippen LogP contribution in [0.15, 0.2) is 35.1 Å². The fourth-order valence-electron chi connectivity index (χ4n) is 2.47. The van der Waals surface area contributed by atoms with E-state index in [9.17, 15) is 18.8 Å². The van der Waals surface area contributed by atoms with Crippen molar-refractivity contribution in [3.8, 4) is 23.4 Å². The van der Waals surface area contributed by atoms with E-state index in [1.165, 1.54) is 32.0 Å². The number of rotatable bonds is 6. The summed E-state index contributed by atoms with van der Waals surface area (Å²) in [7, 11) is 0. The van der Waals surface area contributed by atoms with Gasteiger partial charge in [0.2, 0.25) is 11.7 Å². The molecular formula is C20H18FN7O4. The number of hydrogen-bond donors (Lipinski definition) is 3. The van der Waals surface area contributed by atoms with E-state index >= 15 is 0 Å². The number of aromatic nitrogens is 6. The van der Waals surface area contributed by atoms with Gasteiger partial charge in [-0.25, -0.2) is 14.0 Å². The van der Waals surface area contributed by atoms with Crippen LogP contribution in [-0.2, 0) is 22.6 Å². The Morgan fingerprint density at radius 3 is 2.69 bits per heavy atom. The molecule has 164 valence electrons. The lowest BCUT2D eigenvalue weighted by molar-refractivity contribution is -0.146. The second kappa shape index (κ2) is 9.17. The number of hydrogen-bond acceptors (Lipinski definition) is 7. The summed E-state index contributed by atoms with van der Waals surface area (Å²) in [6, 6.07) is 7.35. The molecule has 1 aromatic carbocycles. The van der Waals surface area contributed by atoms with Crippen LogP contribution in [0.25, 0.3) is 11.5 Å². The van der Waals surface area contributed by atoms with Crippen molar-refractivity contribution in [3.05, 3.63) is 57.9 Å². The summed E-state index contributed by atoms with van der Waals surface area (Å²) in [6.45, 7) is 2.30. The van der Waals surface area contributed by atoms with Crippen molar-refractivity contribution in [2.24, 2.45) is 0 Å². The molecule has 11 nitrogen and oxygen atoms in total.